The van der Waals surface area contributed by atoms with E-state index in [0.717, 1.165) is 41.9 Å². The molecule has 0 bridgehead atoms. The van der Waals surface area contributed by atoms with E-state index in [-0.39, 0.29) is 51.8 Å². The molecular formula is C59H75B2ClO10. The molecule has 0 aliphatic heterocycles. The van der Waals surface area contributed by atoms with Gasteiger partial charge in [0.2, 0.25) is 0 Å². The summed E-state index contributed by atoms with van der Waals surface area (Å²) in [6.45, 7) is 12.3. The van der Waals surface area contributed by atoms with Crippen LogP contribution >= 0.6 is 11.6 Å². The standard InChI is InChI=1S/C59H75B2ClO10/c1-36(2)12-10-13-37(3)48-23-24-49-45-22-21-43-30-38(26-28-58(43,4)50(45)27-29-59(48,49)5)14-11-17-44(39-20-25-54(46(31-39)56(63)64)71-34-40-15-6-8-18-51(40)60(67)68)42-32-47(57(65)66)55(53(62)33-42)72-35-41-16-7-9-19-52(41)61(69)70/h6-9,15-20,25,31-33,36-38,43,45,48-50,67-70H,10-14,21-24,26-30,34-35H2,1-5H3,(H,63,64)(H,65,66). The summed E-state index contributed by atoms with van der Waals surface area (Å²) in [6.07, 6.45) is 19.5. The van der Waals surface area contributed by atoms with E-state index in [1.807, 2.05) is 0 Å². The second-order valence-corrected chi connectivity index (χ2v) is 23.3. The lowest BCUT2D eigenvalue weighted by Crippen LogP contribution is -2.53. The summed E-state index contributed by atoms with van der Waals surface area (Å²) >= 11 is 6.92. The van der Waals surface area contributed by atoms with E-state index < -0.39 is 26.2 Å². The van der Waals surface area contributed by atoms with Crippen molar-refractivity contribution in [3.8, 4) is 11.5 Å². The Morgan fingerprint density at radius 2 is 1.35 bits per heavy atom. The average Bonchev–Trinajstić information content (AvgIpc) is 3.71. The third-order valence-corrected chi connectivity index (χ3v) is 18.7. The fraction of sp³-hybridized carbons (Fsp3) is 0.525. The van der Waals surface area contributed by atoms with Gasteiger partial charge in [-0.15, -0.1) is 0 Å². The Bertz CT molecular complexity index is 2600. The number of carboxylic acid groups (broad SMARTS) is 2. The molecule has 0 spiro atoms. The van der Waals surface area contributed by atoms with Crippen molar-refractivity contribution in [1.29, 1.82) is 0 Å². The summed E-state index contributed by atoms with van der Waals surface area (Å²) in [7, 11) is -3.49. The summed E-state index contributed by atoms with van der Waals surface area (Å²) in [5.74, 6) is 3.59. The van der Waals surface area contributed by atoms with Gasteiger partial charge in [0.1, 0.15) is 30.1 Å². The van der Waals surface area contributed by atoms with Crippen LogP contribution in [0.25, 0.3) is 5.57 Å². The van der Waals surface area contributed by atoms with Gasteiger partial charge in [-0.3, -0.25) is 0 Å². The van der Waals surface area contributed by atoms with Crippen LogP contribution in [0.1, 0.15) is 167 Å². The Kier molecular flexibility index (Phi) is 17.1. The smallest absolute Gasteiger partial charge is 0.488 e. The predicted molar refractivity (Wildman–Crippen MR) is 286 cm³/mol. The maximum absolute atomic E-state index is 13.0. The first-order valence-electron chi connectivity index (χ1n) is 26.7. The van der Waals surface area contributed by atoms with E-state index in [4.69, 9.17) is 21.1 Å². The molecule has 4 saturated carbocycles. The van der Waals surface area contributed by atoms with Gasteiger partial charge >= 0.3 is 26.2 Å². The highest BCUT2D eigenvalue weighted by atomic mass is 35.5. The number of carbonyl (C=O) groups is 2. The van der Waals surface area contributed by atoms with E-state index in [1.165, 1.54) is 89.2 Å². The van der Waals surface area contributed by atoms with Crippen molar-refractivity contribution in [2.45, 2.75) is 138 Å². The van der Waals surface area contributed by atoms with Gasteiger partial charge in [0, 0.05) is 0 Å². The van der Waals surface area contributed by atoms with Gasteiger partial charge in [-0.2, -0.15) is 0 Å². The molecule has 4 aliphatic carbocycles. The Labute approximate surface area is 432 Å². The highest BCUT2D eigenvalue weighted by Crippen LogP contribution is 2.69. The van der Waals surface area contributed by atoms with Crippen molar-refractivity contribution in [3.63, 3.8) is 0 Å². The largest absolute Gasteiger partial charge is 0.488 e. The molecule has 0 saturated heterocycles. The van der Waals surface area contributed by atoms with Crippen molar-refractivity contribution in [2.75, 3.05) is 0 Å². The minimum atomic E-state index is -1.76. The Morgan fingerprint density at radius 1 is 0.722 bits per heavy atom. The van der Waals surface area contributed by atoms with Crippen LogP contribution in [0.4, 0.5) is 0 Å². The van der Waals surface area contributed by atoms with Gasteiger partial charge in [0.25, 0.3) is 0 Å². The normalized spacial score (nSPS) is 26.3. The first-order chi connectivity index (χ1) is 34.4. The van der Waals surface area contributed by atoms with E-state index in [2.05, 4.69) is 40.7 Å². The van der Waals surface area contributed by atoms with E-state index >= 15 is 0 Å². The van der Waals surface area contributed by atoms with Crippen LogP contribution in [-0.4, -0.2) is 56.5 Å². The molecule has 4 aromatic carbocycles. The molecule has 9 unspecified atom stereocenters. The van der Waals surface area contributed by atoms with Crippen LogP contribution < -0.4 is 20.4 Å². The second-order valence-electron chi connectivity index (χ2n) is 22.9. The molecule has 0 radical (unpaired) electrons. The topological polar surface area (TPSA) is 174 Å². The lowest BCUT2D eigenvalue weighted by molar-refractivity contribution is -0.121. The Hall–Kier alpha value is -4.58. The Balaban J connectivity index is 1.03. The number of allylic oxidation sites excluding steroid dienone is 1. The Morgan fingerprint density at radius 3 is 2.00 bits per heavy atom. The number of benzene rings is 4. The molecule has 10 nitrogen and oxygen atoms in total. The molecule has 72 heavy (non-hydrogen) atoms. The zero-order chi connectivity index (χ0) is 51.5. The summed E-state index contributed by atoms with van der Waals surface area (Å²) in [6, 6.07) is 21.2. The SMILES string of the molecule is CC(C)CCCC(C)C1CCC2C3CCC4CC(CCC=C(c5ccc(OCc6ccccc6B(O)O)c(C(=O)O)c5)c5cc(Cl)c(OCc6ccccc6B(O)O)c(C(=O)O)c5)CCC4(C)C3CCC12C. The zero-order valence-corrected chi connectivity index (χ0v) is 43.6. The van der Waals surface area contributed by atoms with Gasteiger partial charge in [-0.25, -0.2) is 9.59 Å². The lowest BCUT2D eigenvalue weighted by atomic mass is 9.44. The first kappa shape index (κ1) is 53.7. The summed E-state index contributed by atoms with van der Waals surface area (Å²) in [5, 5.41) is 60.9. The second kappa shape index (κ2) is 22.9. The minimum Gasteiger partial charge on any atom is -0.488 e. The van der Waals surface area contributed by atoms with Crippen molar-refractivity contribution in [2.24, 2.45) is 58.2 Å². The van der Waals surface area contributed by atoms with Crippen molar-refractivity contribution in [3.05, 3.63) is 123 Å². The predicted octanol–water partition coefficient (Wildman–Crippen LogP) is 11.2. The van der Waals surface area contributed by atoms with Crippen molar-refractivity contribution >= 4 is 54.3 Å². The van der Waals surface area contributed by atoms with E-state index in [0.29, 0.717) is 56.9 Å². The fourth-order valence-electron chi connectivity index (χ4n) is 14.7. The van der Waals surface area contributed by atoms with Gasteiger partial charge in [0.15, 0.2) is 5.75 Å². The van der Waals surface area contributed by atoms with Crippen molar-refractivity contribution < 1.29 is 49.4 Å². The van der Waals surface area contributed by atoms with E-state index in [1.54, 1.807) is 66.7 Å². The molecule has 13 heteroatoms. The van der Waals surface area contributed by atoms with Crippen LogP contribution in [0, 0.1) is 58.2 Å². The van der Waals surface area contributed by atoms with Gasteiger partial charge in [-0.05, 0) is 192 Å². The molecule has 4 fully saturated rings. The highest BCUT2D eigenvalue weighted by molar-refractivity contribution is 6.59. The minimum absolute atomic E-state index is 0.0236. The van der Waals surface area contributed by atoms with Gasteiger partial charge in [-0.1, -0.05) is 126 Å². The van der Waals surface area contributed by atoms with E-state index in [9.17, 15) is 39.9 Å². The summed E-state index contributed by atoms with van der Waals surface area (Å²) < 4.78 is 12.0. The maximum Gasteiger partial charge on any atom is 0.488 e. The zero-order valence-electron chi connectivity index (χ0n) is 42.9. The molecule has 6 N–H and O–H groups in total. The number of aromatic carboxylic acids is 2. The molecule has 9 atom stereocenters. The number of fused-ring (bicyclic) bond motifs is 5. The number of carboxylic acids is 2. The quantitative estimate of drug-likeness (QED) is 0.0468. The number of ether oxygens (including phenoxy) is 2. The van der Waals surface area contributed by atoms with Gasteiger partial charge < -0.3 is 39.8 Å². The van der Waals surface area contributed by atoms with Gasteiger partial charge in [0.05, 0.1) is 5.02 Å². The highest BCUT2D eigenvalue weighted by Gasteiger charge is 2.60. The van der Waals surface area contributed by atoms with Crippen LogP contribution in [0.2, 0.25) is 5.02 Å². The monoisotopic (exact) mass is 1000 g/mol. The van der Waals surface area contributed by atoms with Crippen LogP contribution in [0.3, 0.4) is 0 Å². The molecule has 384 valence electrons. The molecule has 0 aromatic heterocycles. The lowest BCUT2D eigenvalue weighted by Gasteiger charge is -2.61. The number of halogens is 1. The van der Waals surface area contributed by atoms with Crippen LogP contribution in [-0.2, 0) is 13.2 Å². The molecule has 4 aliphatic rings. The first-order valence-corrected chi connectivity index (χ1v) is 27.1. The maximum atomic E-state index is 13.0. The molecular weight excluding hydrogens is 926 g/mol. The molecule has 8 rings (SSSR count). The number of rotatable bonds is 20. The van der Waals surface area contributed by atoms with Crippen molar-refractivity contribution in [1.82, 2.24) is 0 Å². The number of hydrogen-bond donors (Lipinski definition) is 6. The summed E-state index contributed by atoms with van der Waals surface area (Å²) in [4.78, 5) is 25.9. The average molecular weight is 1000 g/mol. The van der Waals surface area contributed by atoms with Crippen LogP contribution in [0.15, 0.2) is 84.9 Å². The molecule has 0 heterocycles. The fourth-order valence-corrected chi connectivity index (χ4v) is 15.0. The number of hydrogen-bond acceptors (Lipinski definition) is 8. The summed E-state index contributed by atoms with van der Waals surface area (Å²) in [5.41, 5.74) is 3.49. The molecule has 4 aromatic rings. The molecule has 0 amide bonds. The third-order valence-electron chi connectivity index (χ3n) is 18.4. The third kappa shape index (κ3) is 11.4. The van der Waals surface area contributed by atoms with Crippen LogP contribution in [0.5, 0.6) is 11.5 Å².